The number of carbonyl (C=O) groups excluding carboxylic acids is 2. The molecule has 2 aromatic heterocycles. The van der Waals surface area contributed by atoms with E-state index >= 15 is 0 Å². The van der Waals surface area contributed by atoms with Gasteiger partial charge in [-0.3, -0.25) is 19.0 Å². The summed E-state index contributed by atoms with van der Waals surface area (Å²) in [6.45, 7) is 4.35. The number of rotatable bonds is 6. The summed E-state index contributed by atoms with van der Waals surface area (Å²) in [6.07, 6.45) is 1.25. The molecule has 178 valence electrons. The fourth-order valence-electron chi connectivity index (χ4n) is 3.83. The van der Waals surface area contributed by atoms with Crippen molar-refractivity contribution in [1.29, 1.82) is 0 Å². The first-order valence-electron chi connectivity index (χ1n) is 11.0. The van der Waals surface area contributed by atoms with E-state index in [-0.39, 0.29) is 43.1 Å². The van der Waals surface area contributed by atoms with E-state index in [2.05, 4.69) is 15.2 Å². The Hall–Kier alpha value is -4.09. The highest BCUT2D eigenvalue weighted by molar-refractivity contribution is 5.90. The highest BCUT2D eigenvalue weighted by Crippen LogP contribution is 2.20. The number of aromatic nitrogens is 5. The van der Waals surface area contributed by atoms with Crippen molar-refractivity contribution in [3.8, 4) is 17.2 Å². The molecule has 1 atom stereocenters. The van der Waals surface area contributed by atoms with Crippen molar-refractivity contribution in [3.05, 3.63) is 57.1 Å². The summed E-state index contributed by atoms with van der Waals surface area (Å²) in [5.74, 6) is -1.87. The number of nitrogens with zero attached hydrogens (tertiary/aromatic N) is 6. The van der Waals surface area contributed by atoms with Gasteiger partial charge in [0, 0.05) is 19.6 Å². The summed E-state index contributed by atoms with van der Waals surface area (Å²) in [4.78, 5) is 56.2. The average molecular weight is 468 g/mol. The zero-order valence-corrected chi connectivity index (χ0v) is 18.8. The molecule has 0 spiro atoms. The van der Waals surface area contributed by atoms with E-state index in [0.717, 1.165) is 9.25 Å². The number of amides is 1. The van der Waals surface area contributed by atoms with E-state index in [9.17, 15) is 19.2 Å². The Labute approximate surface area is 193 Å². The Morgan fingerprint density at radius 1 is 1.18 bits per heavy atom. The van der Waals surface area contributed by atoms with E-state index in [1.807, 2.05) is 0 Å². The van der Waals surface area contributed by atoms with Gasteiger partial charge in [-0.25, -0.2) is 4.79 Å². The summed E-state index contributed by atoms with van der Waals surface area (Å²) < 4.78 is 12.3. The van der Waals surface area contributed by atoms with Crippen molar-refractivity contribution in [2.45, 2.75) is 33.2 Å². The fourth-order valence-corrected chi connectivity index (χ4v) is 3.83. The van der Waals surface area contributed by atoms with Gasteiger partial charge in [0.2, 0.25) is 5.82 Å². The van der Waals surface area contributed by atoms with Crippen LogP contribution in [0.2, 0.25) is 0 Å². The van der Waals surface area contributed by atoms with Crippen molar-refractivity contribution in [3.63, 3.8) is 0 Å². The average Bonchev–Trinajstić information content (AvgIpc) is 3.35. The summed E-state index contributed by atoms with van der Waals surface area (Å²) in [6, 6.07) is 8.60. The number of likely N-dealkylation sites (tertiary alicyclic amines) is 1. The summed E-state index contributed by atoms with van der Waals surface area (Å²) in [7, 11) is 0. The maximum Gasteiger partial charge on any atom is 0.352 e. The lowest BCUT2D eigenvalue weighted by Gasteiger charge is -2.30. The Kier molecular flexibility index (Phi) is 6.66. The molecule has 1 aliphatic heterocycles. The molecule has 0 bridgehead atoms. The Bertz CT molecular complexity index is 1310. The molecule has 3 aromatic rings. The van der Waals surface area contributed by atoms with Gasteiger partial charge in [-0.15, -0.1) is 0 Å². The first-order chi connectivity index (χ1) is 16.4. The van der Waals surface area contributed by atoms with Crippen LogP contribution in [0.25, 0.3) is 17.2 Å². The minimum Gasteiger partial charge on any atom is -0.466 e. The lowest BCUT2D eigenvalue weighted by Crippen LogP contribution is -2.43. The van der Waals surface area contributed by atoms with Gasteiger partial charge in [-0.1, -0.05) is 23.4 Å². The summed E-state index contributed by atoms with van der Waals surface area (Å²) in [5.41, 5.74) is -1.08. The molecule has 1 aromatic carbocycles. The summed E-state index contributed by atoms with van der Waals surface area (Å²) in [5, 5.41) is 7.93. The van der Waals surface area contributed by atoms with Gasteiger partial charge in [0.15, 0.2) is 5.69 Å². The van der Waals surface area contributed by atoms with Crippen LogP contribution in [0.1, 0.15) is 37.4 Å². The molecular weight excluding hydrogens is 444 g/mol. The zero-order chi connectivity index (χ0) is 24.2. The molecule has 3 heterocycles. The number of benzene rings is 1. The first kappa shape index (κ1) is 23.1. The molecular formula is C22H24N6O6. The second-order valence-corrected chi connectivity index (χ2v) is 7.69. The molecule has 1 saturated heterocycles. The van der Waals surface area contributed by atoms with Gasteiger partial charge in [0.25, 0.3) is 5.56 Å². The molecule has 1 aliphatic rings. The third-order valence-electron chi connectivity index (χ3n) is 5.53. The van der Waals surface area contributed by atoms with Crippen molar-refractivity contribution >= 4 is 11.9 Å². The normalized spacial score (nSPS) is 15.8. The molecule has 0 N–H and O–H groups in total. The highest BCUT2D eigenvalue weighted by atomic mass is 16.5. The predicted octanol–water partition coefficient (Wildman–Crippen LogP) is 0.879. The topological polar surface area (TPSA) is 142 Å². The molecule has 34 heavy (non-hydrogen) atoms. The molecule has 1 fully saturated rings. The molecule has 0 aliphatic carbocycles. The molecule has 12 nitrogen and oxygen atoms in total. The number of hydrogen-bond acceptors (Lipinski definition) is 9. The maximum atomic E-state index is 12.9. The van der Waals surface area contributed by atoms with Crippen molar-refractivity contribution in [2.24, 2.45) is 5.92 Å². The SMILES string of the molecule is CCOC(=O)C1CCCN(C(=O)c2nc(-c3nn(-c4ccccc4)c(=O)n(CC)c3=O)no2)C1. The number of hydrogen-bond donors (Lipinski definition) is 0. The van der Waals surface area contributed by atoms with Crippen molar-refractivity contribution < 1.29 is 18.8 Å². The molecule has 1 unspecified atom stereocenters. The standard InChI is InChI=1S/C22H24N6O6/c1-3-27-19(29)16(24-28(22(27)32)15-10-6-5-7-11-15)17-23-18(34-25-17)20(30)26-12-8-9-14(13-26)21(31)33-4-2/h5-7,10-11,14H,3-4,8-9,12-13H2,1-2H3. The molecule has 0 radical (unpaired) electrons. The number of esters is 1. The number of carbonyl (C=O) groups is 2. The van der Waals surface area contributed by atoms with Crippen LogP contribution in [-0.4, -0.2) is 61.0 Å². The minimum absolute atomic E-state index is 0.104. The largest absolute Gasteiger partial charge is 0.466 e. The third kappa shape index (κ3) is 4.38. The minimum atomic E-state index is -0.695. The van der Waals surface area contributed by atoms with Crippen LogP contribution in [0.4, 0.5) is 0 Å². The van der Waals surface area contributed by atoms with Gasteiger partial charge >= 0.3 is 23.5 Å². The molecule has 1 amide bonds. The van der Waals surface area contributed by atoms with E-state index in [4.69, 9.17) is 9.26 Å². The predicted molar refractivity (Wildman–Crippen MR) is 118 cm³/mol. The van der Waals surface area contributed by atoms with Crippen molar-refractivity contribution in [2.75, 3.05) is 19.7 Å². The van der Waals surface area contributed by atoms with Crippen LogP contribution in [0.3, 0.4) is 0 Å². The van der Waals surface area contributed by atoms with Gasteiger partial charge in [0.05, 0.1) is 18.2 Å². The van der Waals surface area contributed by atoms with Crippen molar-refractivity contribution in [1.82, 2.24) is 29.4 Å². The van der Waals surface area contributed by atoms with E-state index < -0.39 is 23.1 Å². The highest BCUT2D eigenvalue weighted by Gasteiger charge is 2.32. The molecule has 0 saturated carbocycles. The van der Waals surface area contributed by atoms with Gasteiger partial charge in [-0.2, -0.15) is 14.8 Å². The number of ether oxygens (including phenoxy) is 1. The second-order valence-electron chi connectivity index (χ2n) is 7.69. The Morgan fingerprint density at radius 3 is 2.65 bits per heavy atom. The lowest BCUT2D eigenvalue weighted by atomic mass is 9.98. The third-order valence-corrected chi connectivity index (χ3v) is 5.53. The fraction of sp³-hybridized carbons (Fsp3) is 0.409. The van der Waals surface area contributed by atoms with E-state index in [1.165, 1.54) is 4.90 Å². The van der Waals surface area contributed by atoms with Gasteiger partial charge in [0.1, 0.15) is 0 Å². The van der Waals surface area contributed by atoms with E-state index in [0.29, 0.717) is 25.1 Å². The van der Waals surface area contributed by atoms with Crippen LogP contribution >= 0.6 is 0 Å². The van der Waals surface area contributed by atoms with Crippen LogP contribution in [0.15, 0.2) is 44.4 Å². The smallest absolute Gasteiger partial charge is 0.352 e. The summed E-state index contributed by atoms with van der Waals surface area (Å²) >= 11 is 0. The Balaban J connectivity index is 1.65. The van der Waals surface area contributed by atoms with E-state index in [1.54, 1.807) is 44.2 Å². The number of para-hydroxylation sites is 1. The van der Waals surface area contributed by atoms with Crippen LogP contribution in [0, 0.1) is 5.92 Å². The van der Waals surface area contributed by atoms with Crippen LogP contribution in [0.5, 0.6) is 0 Å². The first-order valence-corrected chi connectivity index (χ1v) is 11.0. The molecule has 4 rings (SSSR count). The van der Waals surface area contributed by atoms with Crippen LogP contribution < -0.4 is 11.2 Å². The lowest BCUT2D eigenvalue weighted by molar-refractivity contribution is -0.149. The zero-order valence-electron chi connectivity index (χ0n) is 18.8. The monoisotopic (exact) mass is 468 g/mol. The second kappa shape index (κ2) is 9.81. The number of piperidine rings is 1. The van der Waals surface area contributed by atoms with Crippen LogP contribution in [-0.2, 0) is 16.1 Å². The van der Waals surface area contributed by atoms with Gasteiger partial charge < -0.3 is 14.2 Å². The van der Waals surface area contributed by atoms with Gasteiger partial charge in [-0.05, 0) is 38.8 Å². The maximum absolute atomic E-state index is 12.9. The Morgan fingerprint density at radius 2 is 1.94 bits per heavy atom. The molecule has 12 heteroatoms. The quantitative estimate of drug-likeness (QED) is 0.482.